The minimum atomic E-state index is -0.701. The van der Waals surface area contributed by atoms with Gasteiger partial charge in [-0.05, 0) is 18.4 Å². The van der Waals surface area contributed by atoms with Crippen molar-refractivity contribution in [2.45, 2.75) is 25.0 Å². The summed E-state index contributed by atoms with van der Waals surface area (Å²) in [6.45, 7) is 1.28. The monoisotopic (exact) mass is 425 g/mol. The molecule has 4 rings (SSSR count). The van der Waals surface area contributed by atoms with E-state index in [1.807, 2.05) is 39.9 Å². The molecule has 1 aromatic carbocycles. The number of carbonyl (C=O) groups is 2. The molecule has 0 unspecified atom stereocenters. The molecule has 0 spiro atoms. The molecule has 1 aliphatic heterocycles. The Labute approximate surface area is 178 Å². The molecule has 0 saturated carbocycles. The molecule has 1 atom stereocenters. The van der Waals surface area contributed by atoms with Gasteiger partial charge >= 0.3 is 0 Å². The average molecular weight is 426 g/mol. The molecule has 3 aromatic rings. The second-order valence-corrected chi connectivity index (χ2v) is 7.95. The van der Waals surface area contributed by atoms with Gasteiger partial charge in [0.05, 0.1) is 23.9 Å². The van der Waals surface area contributed by atoms with Gasteiger partial charge in [0.15, 0.2) is 6.10 Å². The van der Waals surface area contributed by atoms with E-state index in [0.717, 1.165) is 18.4 Å². The summed E-state index contributed by atoms with van der Waals surface area (Å²) in [6, 6.07) is 11.3. The fourth-order valence-electron chi connectivity index (χ4n) is 3.71. The van der Waals surface area contributed by atoms with Crippen LogP contribution in [-0.2, 0) is 9.53 Å². The number of nitrogens with zero attached hydrogens (tertiary/aromatic N) is 4. The van der Waals surface area contributed by atoms with E-state index in [2.05, 4.69) is 15.4 Å². The van der Waals surface area contributed by atoms with Crippen molar-refractivity contribution >= 4 is 29.0 Å². The molecule has 3 heterocycles. The summed E-state index contributed by atoms with van der Waals surface area (Å²) >= 11 is 1.36. The lowest BCUT2D eigenvalue weighted by Crippen LogP contribution is -2.39. The number of amides is 2. The van der Waals surface area contributed by atoms with Gasteiger partial charge in [0, 0.05) is 26.3 Å². The molecule has 1 aliphatic rings. The Morgan fingerprint density at radius 1 is 1.20 bits per heavy atom. The zero-order valence-corrected chi connectivity index (χ0v) is 17.4. The highest BCUT2D eigenvalue weighted by molar-refractivity contribution is 7.11. The van der Waals surface area contributed by atoms with Crippen molar-refractivity contribution < 1.29 is 14.3 Å². The molecular formula is C21H23N5O3S. The molecule has 0 bridgehead atoms. The maximum Gasteiger partial charge on any atom is 0.265 e. The van der Waals surface area contributed by atoms with Crippen LogP contribution >= 0.6 is 11.3 Å². The van der Waals surface area contributed by atoms with Crippen molar-refractivity contribution in [2.75, 3.05) is 25.5 Å². The van der Waals surface area contributed by atoms with E-state index in [-0.39, 0.29) is 17.9 Å². The smallest absolute Gasteiger partial charge is 0.265 e. The van der Waals surface area contributed by atoms with E-state index in [9.17, 15) is 9.59 Å². The number of carbonyl (C=O) groups excluding carboxylic acids is 2. The molecule has 1 saturated heterocycles. The Bertz CT molecular complexity index is 981. The van der Waals surface area contributed by atoms with E-state index in [0.29, 0.717) is 23.8 Å². The fraction of sp³-hybridized carbons (Fsp3) is 0.333. The molecule has 1 fully saturated rings. The molecule has 2 amide bonds. The average Bonchev–Trinajstić information content (AvgIpc) is 3.47. The maximum atomic E-state index is 12.8. The first-order chi connectivity index (χ1) is 14.7. The number of rotatable bonds is 6. The van der Waals surface area contributed by atoms with Crippen LogP contribution in [0, 0.1) is 0 Å². The third-order valence-electron chi connectivity index (χ3n) is 5.24. The van der Waals surface area contributed by atoms with Crippen molar-refractivity contribution in [3.8, 4) is 0 Å². The Hall–Kier alpha value is -3.04. The van der Waals surface area contributed by atoms with Crippen molar-refractivity contribution in [1.29, 1.82) is 0 Å². The first-order valence-corrected chi connectivity index (χ1v) is 10.6. The van der Waals surface area contributed by atoms with Gasteiger partial charge in [-0.2, -0.15) is 5.10 Å². The van der Waals surface area contributed by atoms with E-state index >= 15 is 0 Å². The number of aromatic nitrogens is 3. The lowest BCUT2D eigenvalue weighted by molar-refractivity contribution is -0.126. The number of hydrogen-bond donors (Lipinski definition) is 1. The van der Waals surface area contributed by atoms with E-state index in [1.165, 1.54) is 18.4 Å². The molecule has 0 aliphatic carbocycles. The zero-order chi connectivity index (χ0) is 20.9. The van der Waals surface area contributed by atoms with Crippen LogP contribution in [0.15, 0.2) is 54.3 Å². The predicted molar refractivity (Wildman–Crippen MR) is 113 cm³/mol. The van der Waals surface area contributed by atoms with Gasteiger partial charge in [-0.1, -0.05) is 30.3 Å². The Morgan fingerprint density at radius 2 is 1.97 bits per heavy atom. The van der Waals surface area contributed by atoms with Gasteiger partial charge in [-0.25, -0.2) is 4.68 Å². The fourth-order valence-corrected chi connectivity index (χ4v) is 4.30. The zero-order valence-electron chi connectivity index (χ0n) is 16.6. The summed E-state index contributed by atoms with van der Waals surface area (Å²) in [4.78, 5) is 31.8. The molecule has 1 N–H and O–H groups in total. The van der Waals surface area contributed by atoms with Crippen LogP contribution in [0.1, 0.15) is 40.2 Å². The Balaban J connectivity index is 1.40. The molecule has 8 nitrogen and oxygen atoms in total. The second-order valence-electron chi connectivity index (χ2n) is 7.07. The number of likely N-dealkylation sites (tertiary alicyclic amines) is 1. The highest BCUT2D eigenvalue weighted by atomic mass is 32.1. The molecule has 9 heteroatoms. The largest absolute Gasteiger partial charge is 0.367 e. The van der Waals surface area contributed by atoms with Crippen LogP contribution in [0.4, 0.5) is 5.82 Å². The van der Waals surface area contributed by atoms with Gasteiger partial charge < -0.3 is 15.0 Å². The molecule has 0 radical (unpaired) electrons. The molecule has 2 aromatic heterocycles. The van der Waals surface area contributed by atoms with E-state index in [1.54, 1.807) is 24.0 Å². The number of thiazole rings is 1. The molecule has 156 valence electrons. The number of nitrogens with one attached hydrogen (secondary N) is 1. The minimum Gasteiger partial charge on any atom is -0.367 e. The summed E-state index contributed by atoms with van der Waals surface area (Å²) in [5.74, 6) is 0.407. The van der Waals surface area contributed by atoms with Crippen LogP contribution in [0.2, 0.25) is 0 Å². The number of piperidine rings is 1. The van der Waals surface area contributed by atoms with Crippen molar-refractivity contribution in [1.82, 2.24) is 19.7 Å². The third-order valence-corrected chi connectivity index (χ3v) is 6.00. The lowest BCUT2D eigenvalue weighted by Gasteiger charge is -2.32. The van der Waals surface area contributed by atoms with Gasteiger partial charge in [0.25, 0.3) is 11.8 Å². The number of methoxy groups -OCH3 is 1. The highest BCUT2D eigenvalue weighted by Gasteiger charge is 2.28. The van der Waals surface area contributed by atoms with E-state index < -0.39 is 6.10 Å². The number of hydrogen-bond acceptors (Lipinski definition) is 6. The predicted octanol–water partition coefficient (Wildman–Crippen LogP) is 3.14. The van der Waals surface area contributed by atoms with Crippen LogP contribution in [-0.4, -0.2) is 51.7 Å². The Kier molecular flexibility index (Phi) is 6.20. The van der Waals surface area contributed by atoms with Gasteiger partial charge in [-0.3, -0.25) is 14.6 Å². The first kappa shape index (κ1) is 20.2. The summed E-state index contributed by atoms with van der Waals surface area (Å²) in [6.07, 6.45) is 4.12. The molecular weight excluding hydrogens is 402 g/mol. The van der Waals surface area contributed by atoms with E-state index in [4.69, 9.17) is 4.74 Å². The van der Waals surface area contributed by atoms with Crippen LogP contribution in [0.25, 0.3) is 0 Å². The van der Waals surface area contributed by atoms with Crippen LogP contribution in [0.3, 0.4) is 0 Å². The van der Waals surface area contributed by atoms with Crippen molar-refractivity contribution in [3.63, 3.8) is 0 Å². The van der Waals surface area contributed by atoms with Crippen molar-refractivity contribution in [2.24, 2.45) is 0 Å². The second kappa shape index (κ2) is 9.19. The minimum absolute atomic E-state index is 0.0238. The highest BCUT2D eigenvalue weighted by Crippen LogP contribution is 2.27. The number of anilines is 1. The van der Waals surface area contributed by atoms with Crippen LogP contribution in [0.5, 0.6) is 0 Å². The van der Waals surface area contributed by atoms with Crippen molar-refractivity contribution in [3.05, 3.63) is 64.7 Å². The topological polar surface area (TPSA) is 89.4 Å². The summed E-state index contributed by atoms with van der Waals surface area (Å²) in [5.41, 5.74) is 2.46. The summed E-state index contributed by atoms with van der Waals surface area (Å²) < 4.78 is 7.26. The Morgan fingerprint density at radius 3 is 2.63 bits per heavy atom. The van der Waals surface area contributed by atoms with Gasteiger partial charge in [0.1, 0.15) is 10.7 Å². The maximum absolute atomic E-state index is 12.8. The summed E-state index contributed by atoms with van der Waals surface area (Å²) in [5, 5.41) is 7.36. The number of ether oxygens (including phenoxy) is 1. The number of benzene rings is 1. The first-order valence-electron chi connectivity index (χ1n) is 9.77. The summed E-state index contributed by atoms with van der Waals surface area (Å²) in [7, 11) is 1.52. The quantitative estimate of drug-likeness (QED) is 0.655. The standard InChI is InChI=1S/C21H23N5O3S/c1-29-19(15-5-3-2-4-6-15)20(27)24-18-7-10-23-26(18)16-8-11-25(12-9-16)21(28)17-13-22-14-30-17/h2-7,10,13-14,16,19H,8-9,11-12H2,1H3,(H,24,27)/t19-/m0/s1. The lowest BCUT2D eigenvalue weighted by atomic mass is 10.0. The van der Waals surface area contributed by atoms with Gasteiger partial charge in [-0.15, -0.1) is 11.3 Å². The van der Waals surface area contributed by atoms with Crippen LogP contribution < -0.4 is 5.32 Å². The molecule has 30 heavy (non-hydrogen) atoms. The normalized spacial score (nSPS) is 15.7. The van der Waals surface area contributed by atoms with Gasteiger partial charge in [0.2, 0.25) is 0 Å². The SMILES string of the molecule is CO[C@H](C(=O)Nc1ccnn1C1CCN(C(=O)c2cncs2)CC1)c1ccccc1. The third kappa shape index (κ3) is 4.27.